The van der Waals surface area contributed by atoms with Crippen molar-refractivity contribution in [2.75, 3.05) is 11.1 Å². The molecule has 3 rings (SSSR count). The zero-order chi connectivity index (χ0) is 20.6. The number of rotatable bonds is 8. The maximum atomic E-state index is 12.3. The normalized spacial score (nSPS) is 10.7. The van der Waals surface area contributed by atoms with Crippen LogP contribution in [0.2, 0.25) is 0 Å². The Morgan fingerprint density at radius 3 is 2.52 bits per heavy atom. The lowest BCUT2D eigenvalue weighted by Gasteiger charge is -2.09. The minimum absolute atomic E-state index is 0.137. The molecule has 0 aliphatic heterocycles. The number of esters is 1. The van der Waals surface area contributed by atoms with E-state index in [2.05, 4.69) is 22.4 Å². The van der Waals surface area contributed by atoms with Gasteiger partial charge in [0.1, 0.15) is 0 Å². The number of carbonyl (C=O) groups is 2. The van der Waals surface area contributed by atoms with Gasteiger partial charge in [-0.15, -0.1) is 0 Å². The van der Waals surface area contributed by atoms with Gasteiger partial charge in [0.05, 0.1) is 17.4 Å². The van der Waals surface area contributed by atoms with Crippen molar-refractivity contribution in [3.63, 3.8) is 0 Å². The van der Waals surface area contributed by atoms with Crippen molar-refractivity contribution in [1.29, 1.82) is 0 Å². The van der Waals surface area contributed by atoms with Crippen LogP contribution in [0.1, 0.15) is 29.8 Å². The zero-order valence-electron chi connectivity index (χ0n) is 16.4. The molecule has 0 bridgehead atoms. The summed E-state index contributed by atoms with van der Waals surface area (Å²) in [7, 11) is 0. The highest BCUT2D eigenvalue weighted by Crippen LogP contribution is 2.18. The van der Waals surface area contributed by atoms with E-state index in [9.17, 15) is 9.59 Å². The molecule has 1 heterocycles. The molecule has 0 aliphatic rings. The molecule has 6 nitrogen and oxygen atoms in total. The molecule has 0 spiro atoms. The maximum Gasteiger partial charge on any atom is 0.338 e. The first-order valence-electron chi connectivity index (χ1n) is 9.30. The molecule has 0 atom stereocenters. The van der Waals surface area contributed by atoms with Crippen molar-refractivity contribution >= 4 is 29.3 Å². The molecule has 0 unspecified atom stereocenters. The van der Waals surface area contributed by atoms with Gasteiger partial charge in [0.15, 0.2) is 5.16 Å². The lowest BCUT2D eigenvalue weighted by Crippen LogP contribution is -2.15. The van der Waals surface area contributed by atoms with Gasteiger partial charge in [-0.3, -0.25) is 4.79 Å². The number of nitrogens with one attached hydrogen (secondary N) is 1. The number of ether oxygens (including phenoxy) is 1. The third-order valence-corrected chi connectivity index (χ3v) is 4.96. The molecule has 7 heteroatoms. The van der Waals surface area contributed by atoms with Gasteiger partial charge >= 0.3 is 5.97 Å². The molecule has 0 aliphatic carbocycles. The summed E-state index contributed by atoms with van der Waals surface area (Å²) in [4.78, 5) is 28.5. The van der Waals surface area contributed by atoms with Crippen molar-refractivity contribution in [2.45, 2.75) is 31.7 Å². The molecule has 1 aromatic heterocycles. The summed E-state index contributed by atoms with van der Waals surface area (Å²) in [5.74, 6) is -0.274. The number of imidazole rings is 1. The van der Waals surface area contributed by atoms with Crippen LogP contribution in [0.5, 0.6) is 0 Å². The van der Waals surface area contributed by atoms with Gasteiger partial charge in [0.25, 0.3) is 0 Å². The maximum absolute atomic E-state index is 12.3. The van der Waals surface area contributed by atoms with Gasteiger partial charge in [-0.25, -0.2) is 9.78 Å². The Morgan fingerprint density at radius 2 is 1.83 bits per heavy atom. The molecular weight excluding hydrogens is 386 g/mol. The van der Waals surface area contributed by atoms with Crippen molar-refractivity contribution in [1.82, 2.24) is 9.55 Å². The van der Waals surface area contributed by atoms with E-state index >= 15 is 0 Å². The molecule has 2 aromatic carbocycles. The quantitative estimate of drug-likeness (QED) is 0.445. The number of nitrogens with zero attached hydrogens (tertiary/aromatic N) is 2. The molecular formula is C22H23N3O3S. The van der Waals surface area contributed by atoms with Gasteiger partial charge < -0.3 is 14.6 Å². The fourth-order valence-corrected chi connectivity index (χ4v) is 3.39. The molecule has 0 saturated heterocycles. The highest BCUT2D eigenvalue weighted by molar-refractivity contribution is 7.99. The Balaban J connectivity index is 1.52. The Morgan fingerprint density at radius 1 is 1.10 bits per heavy atom. The largest absolute Gasteiger partial charge is 0.459 e. The predicted molar refractivity (Wildman–Crippen MR) is 114 cm³/mol. The van der Waals surface area contributed by atoms with Gasteiger partial charge in [-0.05, 0) is 43.7 Å². The van der Waals surface area contributed by atoms with Crippen LogP contribution < -0.4 is 5.32 Å². The van der Waals surface area contributed by atoms with E-state index in [1.165, 1.54) is 17.3 Å². The Hall–Kier alpha value is -3.06. The van der Waals surface area contributed by atoms with Crippen LogP contribution >= 0.6 is 11.8 Å². The monoisotopic (exact) mass is 409 g/mol. The fourth-order valence-electron chi connectivity index (χ4n) is 2.64. The minimum Gasteiger partial charge on any atom is -0.459 e. The molecule has 29 heavy (non-hydrogen) atoms. The molecule has 0 saturated carbocycles. The first-order chi connectivity index (χ1) is 14.0. The highest BCUT2D eigenvalue weighted by atomic mass is 32.2. The number of thioether (sulfide) groups is 1. The summed E-state index contributed by atoms with van der Waals surface area (Å²) in [6, 6.07) is 16.8. The van der Waals surface area contributed by atoms with Crippen LogP contribution in [-0.4, -0.2) is 33.3 Å². The van der Waals surface area contributed by atoms with Crippen LogP contribution in [-0.2, 0) is 16.1 Å². The van der Waals surface area contributed by atoms with Gasteiger partial charge in [0.2, 0.25) is 5.91 Å². The molecule has 3 aromatic rings. The van der Waals surface area contributed by atoms with Crippen molar-refractivity contribution in [2.24, 2.45) is 0 Å². The summed E-state index contributed by atoms with van der Waals surface area (Å²) in [5.41, 5.74) is 2.26. The van der Waals surface area contributed by atoms with Crippen LogP contribution in [0, 0.1) is 0 Å². The van der Waals surface area contributed by atoms with E-state index in [4.69, 9.17) is 4.74 Å². The second kappa shape index (κ2) is 9.93. The van der Waals surface area contributed by atoms with E-state index in [1.54, 1.807) is 44.3 Å². The number of hydrogen-bond donors (Lipinski definition) is 1. The predicted octanol–water partition coefficient (Wildman–Crippen LogP) is 4.23. The number of aromatic nitrogens is 2. The molecule has 0 radical (unpaired) electrons. The minimum atomic E-state index is -0.376. The third kappa shape index (κ3) is 6.22. The Bertz CT molecular complexity index is 953. The average Bonchev–Trinajstić information content (AvgIpc) is 3.14. The Labute approximate surface area is 174 Å². The summed E-state index contributed by atoms with van der Waals surface area (Å²) in [5, 5.41) is 3.62. The van der Waals surface area contributed by atoms with E-state index in [-0.39, 0.29) is 23.7 Å². The topological polar surface area (TPSA) is 73.2 Å². The van der Waals surface area contributed by atoms with Gasteiger partial charge in [-0.2, -0.15) is 0 Å². The number of amides is 1. The Kier molecular flexibility index (Phi) is 7.08. The van der Waals surface area contributed by atoms with Crippen LogP contribution in [0.3, 0.4) is 0 Å². The highest BCUT2D eigenvalue weighted by Gasteiger charge is 2.11. The molecule has 1 N–H and O–H groups in total. The average molecular weight is 410 g/mol. The fraction of sp³-hybridized carbons (Fsp3) is 0.227. The van der Waals surface area contributed by atoms with E-state index in [0.29, 0.717) is 17.8 Å². The lowest BCUT2D eigenvalue weighted by atomic mass is 10.2. The van der Waals surface area contributed by atoms with E-state index in [0.717, 1.165) is 5.16 Å². The second-order valence-corrected chi connectivity index (χ2v) is 7.63. The van der Waals surface area contributed by atoms with Gasteiger partial charge in [0, 0.05) is 24.6 Å². The summed E-state index contributed by atoms with van der Waals surface area (Å²) in [6.45, 7) is 4.31. The van der Waals surface area contributed by atoms with E-state index in [1.807, 2.05) is 29.0 Å². The van der Waals surface area contributed by atoms with Crippen molar-refractivity contribution < 1.29 is 14.3 Å². The number of anilines is 1. The van der Waals surface area contributed by atoms with E-state index < -0.39 is 0 Å². The number of benzene rings is 2. The standard InChI is InChI=1S/C22H23N3O3S/c1-16(2)28-21(27)18-8-10-19(11-9-18)24-20(26)15-29-22-23-12-13-25(22)14-17-6-4-3-5-7-17/h3-13,16H,14-15H2,1-2H3,(H,24,26). The number of hydrogen-bond acceptors (Lipinski definition) is 5. The number of carbonyl (C=O) groups excluding carboxylic acids is 2. The smallest absolute Gasteiger partial charge is 0.338 e. The first kappa shape index (κ1) is 20.7. The van der Waals surface area contributed by atoms with Gasteiger partial charge in [-0.1, -0.05) is 42.1 Å². The zero-order valence-corrected chi connectivity index (χ0v) is 17.2. The molecule has 0 fully saturated rings. The summed E-state index contributed by atoms with van der Waals surface area (Å²) < 4.78 is 7.17. The lowest BCUT2D eigenvalue weighted by molar-refractivity contribution is -0.113. The third-order valence-electron chi connectivity index (χ3n) is 3.95. The van der Waals surface area contributed by atoms with Crippen LogP contribution in [0.4, 0.5) is 5.69 Å². The van der Waals surface area contributed by atoms with Crippen LogP contribution in [0.25, 0.3) is 0 Å². The first-order valence-corrected chi connectivity index (χ1v) is 10.3. The van der Waals surface area contributed by atoms with Crippen molar-refractivity contribution in [3.8, 4) is 0 Å². The molecule has 150 valence electrons. The molecule has 1 amide bonds. The second-order valence-electron chi connectivity index (χ2n) is 6.69. The summed E-state index contributed by atoms with van der Waals surface area (Å²) >= 11 is 1.38. The van der Waals surface area contributed by atoms with Crippen molar-refractivity contribution in [3.05, 3.63) is 78.1 Å². The SMILES string of the molecule is CC(C)OC(=O)c1ccc(NC(=O)CSc2nccn2Cc2ccccc2)cc1. The van der Waals surface area contributed by atoms with Crippen LogP contribution in [0.15, 0.2) is 72.1 Å². The summed E-state index contributed by atoms with van der Waals surface area (Å²) in [6.07, 6.45) is 3.47.